The van der Waals surface area contributed by atoms with E-state index in [9.17, 15) is 0 Å². The summed E-state index contributed by atoms with van der Waals surface area (Å²) in [7, 11) is 0. The highest BCUT2D eigenvalue weighted by Gasteiger charge is 2.18. The fourth-order valence-electron chi connectivity index (χ4n) is 2.46. The van der Waals surface area contributed by atoms with E-state index in [2.05, 4.69) is 41.1 Å². The molecule has 1 aromatic heterocycles. The van der Waals surface area contributed by atoms with Gasteiger partial charge in [0.05, 0.1) is 19.3 Å². The van der Waals surface area contributed by atoms with Crippen LogP contribution < -0.4 is 5.32 Å². The third kappa shape index (κ3) is 4.54. The average molecular weight is 281 g/mol. The van der Waals surface area contributed by atoms with Gasteiger partial charge in [0.15, 0.2) is 0 Å². The molecule has 0 amide bonds. The number of rotatable bonds is 7. The summed E-state index contributed by atoms with van der Waals surface area (Å²) in [5.74, 6) is 1.58. The Hall–Kier alpha value is -0.980. The molecule has 1 fully saturated rings. The number of hydrogen-bond donors (Lipinski definition) is 1. The minimum atomic E-state index is 0.283. The van der Waals surface area contributed by atoms with Crippen LogP contribution in [0.25, 0.3) is 0 Å². The quantitative estimate of drug-likeness (QED) is 0.799. The van der Waals surface area contributed by atoms with Gasteiger partial charge in [-0.05, 0) is 12.5 Å². The molecule has 6 heteroatoms. The molecular weight excluding hydrogens is 254 g/mol. The zero-order chi connectivity index (χ0) is 14.4. The lowest BCUT2D eigenvalue weighted by molar-refractivity contribution is -0.0254. The van der Waals surface area contributed by atoms with Gasteiger partial charge in [-0.15, -0.1) is 0 Å². The van der Waals surface area contributed by atoms with Crippen LogP contribution in [-0.2, 0) is 17.8 Å². The third-order valence-corrected chi connectivity index (χ3v) is 3.56. The van der Waals surface area contributed by atoms with Gasteiger partial charge in [-0.25, -0.2) is 9.67 Å². The number of nitrogens with zero attached hydrogens (tertiary/aromatic N) is 4. The average Bonchev–Trinajstić information content (AvgIpc) is 2.86. The lowest BCUT2D eigenvalue weighted by Crippen LogP contribution is -2.46. The maximum Gasteiger partial charge on any atom is 0.140 e. The van der Waals surface area contributed by atoms with Crippen LogP contribution in [0.4, 0.5) is 0 Å². The van der Waals surface area contributed by atoms with Crippen molar-refractivity contribution in [3.63, 3.8) is 0 Å². The normalized spacial score (nSPS) is 20.7. The van der Waals surface area contributed by atoms with Crippen LogP contribution in [0, 0.1) is 5.92 Å². The van der Waals surface area contributed by atoms with Crippen molar-refractivity contribution in [3.05, 3.63) is 12.2 Å². The second-order valence-electron chi connectivity index (χ2n) is 5.77. The van der Waals surface area contributed by atoms with Gasteiger partial charge in [-0.1, -0.05) is 20.8 Å². The molecule has 2 heterocycles. The number of nitrogens with one attached hydrogen (secondary N) is 1. The molecule has 1 atom stereocenters. The first kappa shape index (κ1) is 15.4. The molecule has 2 rings (SSSR count). The first-order valence-corrected chi connectivity index (χ1v) is 7.60. The maximum absolute atomic E-state index is 5.78. The van der Waals surface area contributed by atoms with E-state index in [1.165, 1.54) is 0 Å². The molecule has 1 saturated heterocycles. The highest BCUT2D eigenvalue weighted by atomic mass is 16.5. The summed E-state index contributed by atoms with van der Waals surface area (Å²) in [6.45, 7) is 13.1. The van der Waals surface area contributed by atoms with Crippen LogP contribution in [0.3, 0.4) is 0 Å². The Morgan fingerprint density at radius 3 is 3.10 bits per heavy atom. The van der Waals surface area contributed by atoms with Gasteiger partial charge in [0.25, 0.3) is 0 Å². The lowest BCUT2D eigenvalue weighted by atomic mass is 10.2. The first-order valence-electron chi connectivity index (χ1n) is 7.60. The predicted molar refractivity (Wildman–Crippen MR) is 78.4 cm³/mol. The maximum atomic E-state index is 5.78. The molecular formula is C14H27N5O. The summed E-state index contributed by atoms with van der Waals surface area (Å²) >= 11 is 0. The minimum absolute atomic E-state index is 0.283. The number of likely N-dealkylation sites (N-methyl/N-ethyl adjacent to an activating group) is 1. The molecule has 114 valence electrons. The molecule has 0 bridgehead atoms. The molecule has 0 aliphatic carbocycles. The lowest BCUT2D eigenvalue weighted by Gasteiger charge is -2.32. The molecule has 20 heavy (non-hydrogen) atoms. The molecule has 1 aliphatic heterocycles. The monoisotopic (exact) mass is 281 g/mol. The molecule has 1 unspecified atom stereocenters. The molecule has 1 aliphatic rings. The van der Waals surface area contributed by atoms with E-state index >= 15 is 0 Å². The van der Waals surface area contributed by atoms with Gasteiger partial charge >= 0.3 is 0 Å². The molecule has 0 spiro atoms. The van der Waals surface area contributed by atoms with Crippen molar-refractivity contribution < 1.29 is 4.74 Å². The third-order valence-electron chi connectivity index (χ3n) is 3.56. The second-order valence-corrected chi connectivity index (χ2v) is 5.77. The first-order chi connectivity index (χ1) is 9.69. The summed E-state index contributed by atoms with van der Waals surface area (Å²) in [5, 5.41) is 7.71. The summed E-state index contributed by atoms with van der Waals surface area (Å²) in [6.07, 6.45) is 1.92. The second kappa shape index (κ2) is 7.71. The van der Waals surface area contributed by atoms with Gasteiger partial charge in [0, 0.05) is 26.2 Å². The Morgan fingerprint density at radius 2 is 2.35 bits per heavy atom. The molecule has 0 radical (unpaired) electrons. The predicted octanol–water partition coefficient (Wildman–Crippen LogP) is 0.744. The van der Waals surface area contributed by atoms with Crippen LogP contribution in [0.1, 0.15) is 26.6 Å². The molecule has 6 nitrogen and oxygen atoms in total. The van der Waals surface area contributed by atoms with Crippen LogP contribution in [0.15, 0.2) is 6.33 Å². The zero-order valence-electron chi connectivity index (χ0n) is 12.9. The molecule has 0 aromatic carbocycles. The van der Waals surface area contributed by atoms with E-state index in [1.807, 2.05) is 4.68 Å². The Balaban J connectivity index is 1.74. The highest BCUT2D eigenvalue weighted by molar-refractivity contribution is 4.85. The SMILES string of the molecule is CCN1CCOC(CNCc2ncnn2CC(C)C)C1. The fraction of sp³-hybridized carbons (Fsp3) is 0.857. The van der Waals surface area contributed by atoms with Crippen molar-refractivity contribution in [2.45, 2.75) is 40.0 Å². The van der Waals surface area contributed by atoms with Crippen molar-refractivity contribution in [1.29, 1.82) is 0 Å². The number of ether oxygens (including phenoxy) is 1. The van der Waals surface area contributed by atoms with Crippen LogP contribution in [0.2, 0.25) is 0 Å². The van der Waals surface area contributed by atoms with Crippen molar-refractivity contribution in [3.8, 4) is 0 Å². The van der Waals surface area contributed by atoms with Crippen molar-refractivity contribution in [2.24, 2.45) is 5.92 Å². The number of aromatic nitrogens is 3. The standard InChI is InChI=1S/C14H27N5O/c1-4-18-5-6-20-13(10-18)7-15-8-14-16-11-17-19(14)9-12(2)3/h11-13,15H,4-10H2,1-3H3. The molecule has 1 N–H and O–H groups in total. The topological polar surface area (TPSA) is 55.2 Å². The number of hydrogen-bond acceptors (Lipinski definition) is 5. The zero-order valence-corrected chi connectivity index (χ0v) is 12.9. The summed E-state index contributed by atoms with van der Waals surface area (Å²) < 4.78 is 7.76. The van der Waals surface area contributed by atoms with E-state index in [0.29, 0.717) is 5.92 Å². The molecule has 1 aromatic rings. The minimum Gasteiger partial charge on any atom is -0.374 e. The largest absolute Gasteiger partial charge is 0.374 e. The van der Waals surface area contributed by atoms with Crippen molar-refractivity contribution in [1.82, 2.24) is 25.0 Å². The van der Waals surface area contributed by atoms with E-state index in [4.69, 9.17) is 4.74 Å². The number of morpholine rings is 1. The van der Waals surface area contributed by atoms with E-state index in [1.54, 1.807) is 6.33 Å². The smallest absolute Gasteiger partial charge is 0.140 e. The Morgan fingerprint density at radius 1 is 1.50 bits per heavy atom. The van der Waals surface area contributed by atoms with Gasteiger partial charge in [-0.2, -0.15) is 5.10 Å². The highest BCUT2D eigenvalue weighted by Crippen LogP contribution is 2.05. The van der Waals surface area contributed by atoms with Gasteiger partial charge in [-0.3, -0.25) is 4.90 Å². The molecule has 0 saturated carbocycles. The summed E-state index contributed by atoms with van der Waals surface area (Å²) in [5.41, 5.74) is 0. The van der Waals surface area contributed by atoms with Crippen LogP contribution in [0.5, 0.6) is 0 Å². The van der Waals surface area contributed by atoms with E-state index in [0.717, 1.165) is 51.7 Å². The Labute approximate surface area is 121 Å². The van der Waals surface area contributed by atoms with Crippen molar-refractivity contribution in [2.75, 3.05) is 32.8 Å². The summed E-state index contributed by atoms with van der Waals surface area (Å²) in [6, 6.07) is 0. The van der Waals surface area contributed by atoms with Gasteiger partial charge in [0.1, 0.15) is 12.2 Å². The van der Waals surface area contributed by atoms with E-state index in [-0.39, 0.29) is 6.10 Å². The Bertz CT molecular complexity index is 393. The van der Waals surface area contributed by atoms with Gasteiger partial charge < -0.3 is 10.1 Å². The van der Waals surface area contributed by atoms with Gasteiger partial charge in [0.2, 0.25) is 0 Å². The summed E-state index contributed by atoms with van der Waals surface area (Å²) in [4.78, 5) is 6.75. The van der Waals surface area contributed by atoms with Crippen LogP contribution >= 0.6 is 0 Å². The Kier molecular flexibility index (Phi) is 5.94. The fourth-order valence-corrected chi connectivity index (χ4v) is 2.46. The van der Waals surface area contributed by atoms with Crippen LogP contribution in [-0.4, -0.2) is 58.6 Å². The van der Waals surface area contributed by atoms with E-state index < -0.39 is 0 Å². The van der Waals surface area contributed by atoms with Crippen molar-refractivity contribution >= 4 is 0 Å².